The van der Waals surface area contributed by atoms with E-state index >= 15 is 0 Å². The zero-order valence-electron chi connectivity index (χ0n) is 14.6. The van der Waals surface area contributed by atoms with Crippen LogP contribution in [0.3, 0.4) is 0 Å². The van der Waals surface area contributed by atoms with Gasteiger partial charge in [0.2, 0.25) is 0 Å². The van der Waals surface area contributed by atoms with Crippen LogP contribution < -0.4 is 0 Å². The first-order valence-corrected chi connectivity index (χ1v) is 8.70. The number of rotatable bonds is 5. The lowest BCUT2D eigenvalue weighted by Crippen LogP contribution is -2.49. The average Bonchev–Trinajstić information content (AvgIpc) is 3.10. The molecule has 2 heterocycles. The maximum absolute atomic E-state index is 13.1. The van der Waals surface area contributed by atoms with Crippen LogP contribution in [0.15, 0.2) is 36.5 Å². The highest BCUT2D eigenvalue weighted by molar-refractivity contribution is 5.95. The first kappa shape index (κ1) is 17.2. The van der Waals surface area contributed by atoms with Gasteiger partial charge in [0.15, 0.2) is 0 Å². The number of carboxylic acids is 1. The third kappa shape index (κ3) is 3.16. The molecule has 0 fully saturated rings. The predicted molar refractivity (Wildman–Crippen MR) is 93.3 cm³/mol. The normalized spacial score (nSPS) is 16.8. The molecule has 0 saturated heterocycles. The molecule has 1 N–H and O–H groups in total. The minimum absolute atomic E-state index is 0.134. The fourth-order valence-corrected chi connectivity index (χ4v) is 3.51. The molecule has 0 spiro atoms. The summed E-state index contributed by atoms with van der Waals surface area (Å²) in [6, 6.07) is 8.66. The third-order valence-electron chi connectivity index (χ3n) is 4.97. The third-order valence-corrected chi connectivity index (χ3v) is 4.97. The summed E-state index contributed by atoms with van der Waals surface area (Å²) < 4.78 is 1.74. The molecule has 0 saturated carbocycles. The van der Waals surface area contributed by atoms with E-state index < -0.39 is 12.0 Å². The minimum atomic E-state index is -0.976. The number of carbonyl (C=O) groups excluding carboxylic acids is 1. The number of benzene rings is 1. The van der Waals surface area contributed by atoms with Crippen molar-refractivity contribution in [3.8, 4) is 0 Å². The molecule has 1 atom stereocenters. The van der Waals surface area contributed by atoms with Crippen molar-refractivity contribution in [3.05, 3.63) is 53.3 Å². The number of amides is 1. The van der Waals surface area contributed by atoms with Gasteiger partial charge in [-0.3, -0.25) is 9.48 Å². The molecule has 2 aromatic rings. The van der Waals surface area contributed by atoms with Gasteiger partial charge in [0.25, 0.3) is 5.91 Å². The predicted octanol–water partition coefficient (Wildman–Crippen LogP) is 2.90. The van der Waals surface area contributed by atoms with E-state index in [2.05, 4.69) is 18.9 Å². The number of carbonyl (C=O) groups is 2. The van der Waals surface area contributed by atoms with E-state index in [4.69, 9.17) is 0 Å². The van der Waals surface area contributed by atoms with Gasteiger partial charge in [-0.2, -0.15) is 5.10 Å². The zero-order chi connectivity index (χ0) is 18.0. The largest absolute Gasteiger partial charge is 0.480 e. The van der Waals surface area contributed by atoms with E-state index in [9.17, 15) is 14.7 Å². The number of carboxylic acid groups (broad SMARTS) is 1. The molecule has 1 aromatic heterocycles. The topological polar surface area (TPSA) is 75.4 Å². The highest BCUT2D eigenvalue weighted by Crippen LogP contribution is 2.26. The number of hydrogen-bond donors (Lipinski definition) is 1. The van der Waals surface area contributed by atoms with Crippen LogP contribution in [0.1, 0.15) is 54.3 Å². The van der Waals surface area contributed by atoms with Crippen molar-refractivity contribution >= 4 is 11.9 Å². The highest BCUT2D eigenvalue weighted by Gasteiger charge is 2.36. The molecule has 132 valence electrons. The molecular weight excluding hydrogens is 318 g/mol. The molecule has 25 heavy (non-hydrogen) atoms. The molecule has 1 aromatic carbocycles. The van der Waals surface area contributed by atoms with Gasteiger partial charge in [-0.15, -0.1) is 0 Å². The molecule has 3 rings (SSSR count). The van der Waals surface area contributed by atoms with Gasteiger partial charge in [-0.1, -0.05) is 38.1 Å². The molecular formula is C19H23N3O3. The SMILES string of the molecule is CCC(CC)n1nccc1C(=O)N1Cc2ccccc2CC1C(=O)O. The van der Waals surface area contributed by atoms with Crippen LogP contribution in [0.4, 0.5) is 0 Å². The Balaban J connectivity index is 1.96. The Bertz CT molecular complexity index is 780. The summed E-state index contributed by atoms with van der Waals surface area (Å²) in [6.45, 7) is 4.42. The van der Waals surface area contributed by atoms with Crippen LogP contribution in [0.5, 0.6) is 0 Å². The molecule has 6 nitrogen and oxygen atoms in total. The Morgan fingerprint density at radius 3 is 2.52 bits per heavy atom. The smallest absolute Gasteiger partial charge is 0.326 e. The van der Waals surface area contributed by atoms with Crippen molar-refractivity contribution in [2.75, 3.05) is 0 Å². The molecule has 1 unspecified atom stereocenters. The van der Waals surface area contributed by atoms with Crippen LogP contribution in [0.2, 0.25) is 0 Å². The van der Waals surface area contributed by atoms with Crippen molar-refractivity contribution < 1.29 is 14.7 Å². The average molecular weight is 341 g/mol. The fourth-order valence-electron chi connectivity index (χ4n) is 3.51. The van der Waals surface area contributed by atoms with E-state index in [0.29, 0.717) is 18.7 Å². The Hall–Kier alpha value is -2.63. The summed E-state index contributed by atoms with van der Waals surface area (Å²) in [4.78, 5) is 26.4. The van der Waals surface area contributed by atoms with Gasteiger partial charge in [0, 0.05) is 19.2 Å². The van der Waals surface area contributed by atoms with Crippen LogP contribution in [0, 0.1) is 0 Å². The van der Waals surface area contributed by atoms with Crippen molar-refractivity contribution in [3.63, 3.8) is 0 Å². The zero-order valence-corrected chi connectivity index (χ0v) is 14.6. The van der Waals surface area contributed by atoms with Crippen molar-refractivity contribution in [2.45, 2.75) is 51.7 Å². The summed E-state index contributed by atoms with van der Waals surface area (Å²) in [5.74, 6) is -1.25. The quantitative estimate of drug-likeness (QED) is 0.907. The van der Waals surface area contributed by atoms with E-state index in [1.807, 2.05) is 24.3 Å². The van der Waals surface area contributed by atoms with Crippen molar-refractivity contribution in [1.29, 1.82) is 0 Å². The van der Waals surface area contributed by atoms with Gasteiger partial charge in [0.1, 0.15) is 11.7 Å². The second kappa shape index (κ2) is 7.09. The van der Waals surface area contributed by atoms with Gasteiger partial charge >= 0.3 is 5.97 Å². The number of fused-ring (bicyclic) bond motifs is 1. The monoisotopic (exact) mass is 341 g/mol. The Morgan fingerprint density at radius 1 is 1.20 bits per heavy atom. The summed E-state index contributed by atoms with van der Waals surface area (Å²) >= 11 is 0. The number of nitrogens with zero attached hydrogens (tertiary/aromatic N) is 3. The molecule has 1 aliphatic rings. The molecule has 0 aliphatic carbocycles. The summed E-state index contributed by atoms with van der Waals surface area (Å²) in [5.41, 5.74) is 2.45. The van der Waals surface area contributed by atoms with Crippen LogP contribution in [0.25, 0.3) is 0 Å². The van der Waals surface area contributed by atoms with Crippen LogP contribution >= 0.6 is 0 Å². The summed E-state index contributed by atoms with van der Waals surface area (Å²) in [6.07, 6.45) is 3.67. The van der Waals surface area contributed by atoms with E-state index in [-0.39, 0.29) is 11.9 Å². The maximum atomic E-state index is 13.1. The van der Waals surface area contributed by atoms with E-state index in [1.54, 1.807) is 16.9 Å². The fraction of sp³-hybridized carbons (Fsp3) is 0.421. The van der Waals surface area contributed by atoms with Gasteiger partial charge in [-0.05, 0) is 30.0 Å². The summed E-state index contributed by atoms with van der Waals surface area (Å²) in [7, 11) is 0. The standard InChI is InChI=1S/C19H23N3O3/c1-3-15(4-2)22-16(9-10-20-22)18(23)21-12-14-8-6-5-7-13(14)11-17(21)19(24)25/h5-10,15,17H,3-4,11-12H2,1-2H3,(H,24,25). The van der Waals surface area contributed by atoms with E-state index in [1.165, 1.54) is 4.90 Å². The number of aromatic nitrogens is 2. The number of hydrogen-bond acceptors (Lipinski definition) is 3. The van der Waals surface area contributed by atoms with Crippen molar-refractivity contribution in [2.24, 2.45) is 0 Å². The van der Waals surface area contributed by atoms with E-state index in [0.717, 1.165) is 24.0 Å². The molecule has 1 aliphatic heterocycles. The lowest BCUT2D eigenvalue weighted by Gasteiger charge is -2.34. The summed E-state index contributed by atoms with van der Waals surface area (Å²) in [5, 5.41) is 13.9. The first-order valence-electron chi connectivity index (χ1n) is 8.70. The van der Waals surface area contributed by atoms with Gasteiger partial charge < -0.3 is 10.0 Å². The van der Waals surface area contributed by atoms with Crippen molar-refractivity contribution in [1.82, 2.24) is 14.7 Å². The van der Waals surface area contributed by atoms with Gasteiger partial charge in [-0.25, -0.2) is 4.79 Å². The first-order chi connectivity index (χ1) is 12.1. The Morgan fingerprint density at radius 2 is 1.88 bits per heavy atom. The molecule has 6 heteroatoms. The van der Waals surface area contributed by atoms with Crippen LogP contribution in [-0.4, -0.2) is 37.7 Å². The molecule has 1 amide bonds. The second-order valence-corrected chi connectivity index (χ2v) is 6.39. The Kier molecular flexibility index (Phi) is 4.88. The molecule has 0 bridgehead atoms. The Labute approximate surface area is 147 Å². The number of aliphatic carboxylic acids is 1. The minimum Gasteiger partial charge on any atom is -0.480 e. The lowest BCUT2D eigenvalue weighted by atomic mass is 9.93. The molecule has 0 radical (unpaired) electrons. The van der Waals surface area contributed by atoms with Crippen LogP contribution in [-0.2, 0) is 17.8 Å². The lowest BCUT2D eigenvalue weighted by molar-refractivity contribution is -0.142. The maximum Gasteiger partial charge on any atom is 0.326 e. The highest BCUT2D eigenvalue weighted by atomic mass is 16.4. The van der Waals surface area contributed by atoms with Gasteiger partial charge in [0.05, 0.1) is 6.04 Å². The second-order valence-electron chi connectivity index (χ2n) is 6.39.